The molecule has 0 fully saturated rings. The number of hydrogen-bond acceptors (Lipinski definition) is 2. The Morgan fingerprint density at radius 1 is 1.19 bits per heavy atom. The van der Waals surface area contributed by atoms with Gasteiger partial charge in [0.15, 0.2) is 0 Å². The van der Waals surface area contributed by atoms with Gasteiger partial charge < -0.3 is 4.74 Å². The van der Waals surface area contributed by atoms with Crippen molar-refractivity contribution < 1.29 is 4.74 Å². The first-order chi connectivity index (χ1) is 10.1. The van der Waals surface area contributed by atoms with Crippen LogP contribution in [0.1, 0.15) is 11.1 Å². The molecule has 2 rings (SSSR count). The van der Waals surface area contributed by atoms with Crippen molar-refractivity contribution in [2.24, 2.45) is 0 Å². The van der Waals surface area contributed by atoms with Crippen LogP contribution in [-0.2, 0) is 6.61 Å². The Balaban J connectivity index is 2.20. The van der Waals surface area contributed by atoms with Gasteiger partial charge in [0.25, 0.3) is 0 Å². The molecule has 0 N–H and O–H groups in total. The Morgan fingerprint density at radius 2 is 1.86 bits per heavy atom. The van der Waals surface area contributed by atoms with Gasteiger partial charge in [0.2, 0.25) is 0 Å². The maximum absolute atomic E-state index is 8.56. The summed E-state index contributed by atoms with van der Waals surface area (Å²) in [6, 6.07) is 13.3. The van der Waals surface area contributed by atoms with Gasteiger partial charge >= 0.3 is 0 Å². The van der Waals surface area contributed by atoms with Crippen LogP contribution >= 0.6 is 43.5 Å². The van der Waals surface area contributed by atoms with Crippen molar-refractivity contribution >= 4 is 49.5 Å². The molecule has 21 heavy (non-hydrogen) atoms. The summed E-state index contributed by atoms with van der Waals surface area (Å²) in [7, 11) is 0. The first-order valence-corrected chi connectivity index (χ1v) is 7.99. The summed E-state index contributed by atoms with van der Waals surface area (Å²) in [5.41, 5.74) is 1.83. The zero-order chi connectivity index (χ0) is 15.2. The second-order valence-electron chi connectivity index (χ2n) is 4.16. The van der Waals surface area contributed by atoms with Crippen LogP contribution in [0.4, 0.5) is 0 Å². The Hall–Kier alpha value is -1.28. The minimum Gasteiger partial charge on any atom is -0.486 e. The van der Waals surface area contributed by atoms with Crippen LogP contribution in [0.5, 0.6) is 5.75 Å². The van der Waals surface area contributed by atoms with E-state index in [1.165, 1.54) is 6.08 Å². The molecule has 0 amide bonds. The number of benzene rings is 2. The number of nitriles is 1. The molecule has 0 aliphatic carbocycles. The molecule has 5 heteroatoms. The van der Waals surface area contributed by atoms with Crippen LogP contribution in [0.25, 0.3) is 6.08 Å². The molecule has 0 radical (unpaired) electrons. The molecule has 0 aliphatic heterocycles. The fraction of sp³-hybridized carbons (Fsp3) is 0.0625. The number of rotatable bonds is 4. The monoisotopic (exact) mass is 425 g/mol. The van der Waals surface area contributed by atoms with Gasteiger partial charge in [-0.05, 0) is 61.7 Å². The number of hydrogen-bond donors (Lipinski definition) is 0. The zero-order valence-electron chi connectivity index (χ0n) is 10.8. The summed E-state index contributed by atoms with van der Waals surface area (Å²) in [6.07, 6.45) is 3.16. The van der Waals surface area contributed by atoms with E-state index < -0.39 is 0 Å². The first kappa shape index (κ1) is 16.1. The van der Waals surface area contributed by atoms with E-state index in [4.69, 9.17) is 21.6 Å². The molecular weight excluding hydrogens is 417 g/mol. The lowest BCUT2D eigenvalue weighted by molar-refractivity contribution is 0.302. The van der Waals surface area contributed by atoms with Crippen molar-refractivity contribution in [3.63, 3.8) is 0 Å². The molecule has 0 bridgehead atoms. The van der Waals surface area contributed by atoms with E-state index in [0.29, 0.717) is 17.4 Å². The average molecular weight is 428 g/mol. The van der Waals surface area contributed by atoms with Gasteiger partial charge in [0.1, 0.15) is 12.4 Å². The molecule has 2 aromatic carbocycles. The molecule has 0 saturated heterocycles. The summed E-state index contributed by atoms with van der Waals surface area (Å²) in [4.78, 5) is 0. The van der Waals surface area contributed by atoms with Crippen molar-refractivity contribution in [3.8, 4) is 11.8 Å². The summed E-state index contributed by atoms with van der Waals surface area (Å²) in [5, 5.41) is 9.24. The van der Waals surface area contributed by atoms with E-state index >= 15 is 0 Å². The fourth-order valence-corrected chi connectivity index (χ4v) is 3.35. The highest BCUT2D eigenvalue weighted by Crippen LogP contribution is 2.36. The van der Waals surface area contributed by atoms with E-state index in [2.05, 4.69) is 31.9 Å². The van der Waals surface area contributed by atoms with E-state index in [0.717, 1.165) is 20.1 Å². The lowest BCUT2D eigenvalue weighted by Gasteiger charge is -2.12. The predicted octanol–water partition coefficient (Wildman–Crippen LogP) is 5.98. The molecule has 0 spiro atoms. The van der Waals surface area contributed by atoms with Crippen LogP contribution in [0.2, 0.25) is 5.02 Å². The van der Waals surface area contributed by atoms with Gasteiger partial charge in [-0.15, -0.1) is 0 Å². The zero-order valence-corrected chi connectivity index (χ0v) is 14.7. The highest BCUT2D eigenvalue weighted by Gasteiger charge is 2.09. The molecule has 0 saturated carbocycles. The largest absolute Gasteiger partial charge is 0.486 e. The van der Waals surface area contributed by atoms with Crippen molar-refractivity contribution in [1.29, 1.82) is 5.26 Å². The number of halogens is 3. The lowest BCUT2D eigenvalue weighted by atomic mass is 10.2. The van der Waals surface area contributed by atoms with Gasteiger partial charge in [0, 0.05) is 16.7 Å². The number of allylic oxidation sites excluding steroid dienone is 1. The summed E-state index contributed by atoms with van der Waals surface area (Å²) in [5.74, 6) is 0.698. The average Bonchev–Trinajstić information content (AvgIpc) is 2.46. The standard InChI is InChI=1S/C16H10Br2ClNO/c17-13-8-11(4-3-7-20)9-14(18)16(13)21-10-12-5-1-2-6-15(12)19/h1-6,8-9H,10H2. The third kappa shape index (κ3) is 4.34. The summed E-state index contributed by atoms with van der Waals surface area (Å²) < 4.78 is 7.44. The third-order valence-electron chi connectivity index (χ3n) is 2.70. The van der Waals surface area contributed by atoms with Gasteiger partial charge in [-0.25, -0.2) is 0 Å². The number of ether oxygens (including phenoxy) is 1. The summed E-state index contributed by atoms with van der Waals surface area (Å²) >= 11 is 13.1. The molecule has 0 aliphatic rings. The Labute approximate surface area is 145 Å². The Morgan fingerprint density at radius 3 is 2.48 bits per heavy atom. The summed E-state index contributed by atoms with van der Waals surface area (Å²) in [6.45, 7) is 0.379. The molecule has 0 aromatic heterocycles. The lowest BCUT2D eigenvalue weighted by Crippen LogP contribution is -1.98. The van der Waals surface area contributed by atoms with Gasteiger partial charge in [-0.2, -0.15) is 5.26 Å². The van der Waals surface area contributed by atoms with Crippen LogP contribution in [0.15, 0.2) is 51.4 Å². The van der Waals surface area contributed by atoms with Crippen LogP contribution in [0.3, 0.4) is 0 Å². The topological polar surface area (TPSA) is 33.0 Å². The molecule has 2 nitrogen and oxygen atoms in total. The van der Waals surface area contributed by atoms with Crippen molar-refractivity contribution in [2.75, 3.05) is 0 Å². The minimum absolute atomic E-state index is 0.379. The van der Waals surface area contributed by atoms with Gasteiger partial charge in [-0.1, -0.05) is 29.8 Å². The predicted molar refractivity (Wildman–Crippen MR) is 92.3 cm³/mol. The maximum atomic E-state index is 8.56. The highest BCUT2D eigenvalue weighted by atomic mass is 79.9. The third-order valence-corrected chi connectivity index (χ3v) is 4.25. The van der Waals surface area contributed by atoms with Crippen molar-refractivity contribution in [2.45, 2.75) is 6.61 Å². The van der Waals surface area contributed by atoms with Crippen molar-refractivity contribution in [1.82, 2.24) is 0 Å². The molecule has 0 atom stereocenters. The van der Waals surface area contributed by atoms with Crippen LogP contribution < -0.4 is 4.74 Å². The molecule has 0 unspecified atom stereocenters. The normalized spacial score (nSPS) is 10.6. The van der Waals surface area contributed by atoms with E-state index in [9.17, 15) is 0 Å². The first-order valence-electron chi connectivity index (χ1n) is 6.03. The van der Waals surface area contributed by atoms with E-state index in [1.807, 2.05) is 42.5 Å². The minimum atomic E-state index is 0.379. The van der Waals surface area contributed by atoms with Gasteiger partial charge in [-0.3, -0.25) is 0 Å². The van der Waals surface area contributed by atoms with E-state index in [-0.39, 0.29) is 0 Å². The van der Waals surface area contributed by atoms with Crippen LogP contribution in [0, 0.1) is 11.3 Å². The van der Waals surface area contributed by atoms with E-state index in [1.54, 1.807) is 6.08 Å². The fourth-order valence-electron chi connectivity index (χ4n) is 1.71. The van der Waals surface area contributed by atoms with Crippen molar-refractivity contribution in [3.05, 3.63) is 67.6 Å². The SMILES string of the molecule is N#CC=Cc1cc(Br)c(OCc2ccccc2Cl)c(Br)c1. The Kier molecular flexibility index (Phi) is 5.86. The number of nitrogens with zero attached hydrogens (tertiary/aromatic N) is 1. The Bertz CT molecular complexity index is 699. The highest BCUT2D eigenvalue weighted by molar-refractivity contribution is 9.11. The molecular formula is C16H10Br2ClNO. The van der Waals surface area contributed by atoms with Gasteiger partial charge in [0.05, 0.1) is 15.0 Å². The second-order valence-corrected chi connectivity index (χ2v) is 6.27. The molecule has 0 heterocycles. The molecule has 2 aromatic rings. The molecule has 106 valence electrons. The second kappa shape index (κ2) is 7.65. The maximum Gasteiger partial charge on any atom is 0.148 e. The van der Waals surface area contributed by atoms with Crippen LogP contribution in [-0.4, -0.2) is 0 Å². The smallest absolute Gasteiger partial charge is 0.148 e. The quantitative estimate of drug-likeness (QED) is 0.562.